The topological polar surface area (TPSA) is 24.5 Å². The number of hydrogen-bond donors (Lipinski definition) is 1. The van der Waals surface area contributed by atoms with Crippen LogP contribution in [0, 0.1) is 11.3 Å². The lowest BCUT2D eigenvalue weighted by molar-refractivity contribution is -0.0324. The number of ether oxygens (including phenoxy) is 1. The second-order valence-corrected chi connectivity index (χ2v) is 8.03. The van der Waals surface area contributed by atoms with E-state index >= 15 is 0 Å². The summed E-state index contributed by atoms with van der Waals surface area (Å²) in [6, 6.07) is 1.34. The third kappa shape index (κ3) is 5.22. The lowest BCUT2D eigenvalue weighted by Crippen LogP contribution is -2.51. The molecule has 21 heavy (non-hydrogen) atoms. The summed E-state index contributed by atoms with van der Waals surface area (Å²) in [5, 5.41) is 3.67. The maximum atomic E-state index is 5.86. The Morgan fingerprint density at radius 2 is 2.10 bits per heavy atom. The van der Waals surface area contributed by atoms with Gasteiger partial charge in [0.25, 0.3) is 0 Å². The van der Waals surface area contributed by atoms with Crippen LogP contribution in [0.4, 0.5) is 0 Å². The zero-order chi connectivity index (χ0) is 15.3. The fourth-order valence-corrected chi connectivity index (χ4v) is 4.11. The first-order valence-corrected chi connectivity index (χ1v) is 9.02. The van der Waals surface area contributed by atoms with Gasteiger partial charge in [-0.2, -0.15) is 0 Å². The van der Waals surface area contributed by atoms with Gasteiger partial charge in [0.1, 0.15) is 0 Å². The van der Waals surface area contributed by atoms with Gasteiger partial charge in [-0.25, -0.2) is 0 Å². The van der Waals surface area contributed by atoms with Crippen LogP contribution in [0.1, 0.15) is 59.3 Å². The number of hydrogen-bond acceptors (Lipinski definition) is 3. The molecule has 1 aliphatic heterocycles. The molecule has 3 nitrogen and oxygen atoms in total. The first-order chi connectivity index (χ1) is 10.0. The van der Waals surface area contributed by atoms with Gasteiger partial charge in [-0.05, 0) is 38.6 Å². The Hall–Kier alpha value is -0.120. The Kier molecular flexibility index (Phi) is 6.51. The maximum Gasteiger partial charge on any atom is 0.0546 e. The van der Waals surface area contributed by atoms with Gasteiger partial charge in [-0.15, -0.1) is 0 Å². The van der Waals surface area contributed by atoms with Crippen LogP contribution in [0.15, 0.2) is 0 Å². The van der Waals surface area contributed by atoms with Gasteiger partial charge in [0.05, 0.1) is 6.61 Å². The molecule has 2 fully saturated rings. The fourth-order valence-electron chi connectivity index (χ4n) is 4.11. The molecule has 0 spiro atoms. The predicted octanol–water partition coefficient (Wildman–Crippen LogP) is 3.29. The van der Waals surface area contributed by atoms with Crippen molar-refractivity contribution in [2.45, 2.75) is 71.4 Å². The smallest absolute Gasteiger partial charge is 0.0546 e. The van der Waals surface area contributed by atoms with Crippen molar-refractivity contribution in [2.24, 2.45) is 11.3 Å². The molecule has 3 heteroatoms. The monoisotopic (exact) mass is 296 g/mol. The first kappa shape index (κ1) is 17.2. The van der Waals surface area contributed by atoms with E-state index in [2.05, 4.69) is 38.0 Å². The molecule has 0 aromatic carbocycles. The van der Waals surface area contributed by atoms with Gasteiger partial charge in [0, 0.05) is 37.2 Å². The predicted molar refractivity (Wildman–Crippen MR) is 89.7 cm³/mol. The van der Waals surface area contributed by atoms with Crippen molar-refractivity contribution in [1.29, 1.82) is 0 Å². The molecular formula is C18H36N2O. The second kappa shape index (κ2) is 7.94. The van der Waals surface area contributed by atoms with Gasteiger partial charge in [0.2, 0.25) is 0 Å². The summed E-state index contributed by atoms with van der Waals surface area (Å²) in [7, 11) is 2.34. The van der Waals surface area contributed by atoms with Crippen molar-refractivity contribution < 1.29 is 4.74 Å². The van der Waals surface area contributed by atoms with Crippen LogP contribution in [-0.4, -0.2) is 50.3 Å². The molecule has 2 rings (SSSR count). The Balaban J connectivity index is 1.93. The van der Waals surface area contributed by atoms with E-state index < -0.39 is 0 Å². The number of nitrogens with one attached hydrogen (secondary N) is 1. The highest BCUT2D eigenvalue weighted by Gasteiger charge is 2.36. The van der Waals surface area contributed by atoms with Gasteiger partial charge in [-0.3, -0.25) is 0 Å². The average molecular weight is 296 g/mol. The van der Waals surface area contributed by atoms with Crippen molar-refractivity contribution >= 4 is 0 Å². The van der Waals surface area contributed by atoms with E-state index in [0.717, 1.165) is 31.7 Å². The van der Waals surface area contributed by atoms with E-state index in [4.69, 9.17) is 4.74 Å². The standard InChI is InChI=1S/C18H36N2O/c1-15(2)19-12-18(9-6-10-21-14-18)13-20(4)17-8-5-7-16(3)11-17/h15-17,19H,5-14H2,1-4H3. The molecule has 1 heterocycles. The largest absolute Gasteiger partial charge is 0.381 e. The molecule has 0 amide bonds. The molecule has 1 saturated carbocycles. The number of rotatable bonds is 6. The van der Waals surface area contributed by atoms with E-state index in [1.165, 1.54) is 45.1 Å². The second-order valence-electron chi connectivity index (χ2n) is 8.03. The summed E-state index contributed by atoms with van der Waals surface area (Å²) in [6.45, 7) is 11.1. The van der Waals surface area contributed by atoms with Gasteiger partial charge in [-0.1, -0.05) is 33.6 Å². The lowest BCUT2D eigenvalue weighted by atomic mass is 9.80. The zero-order valence-corrected chi connectivity index (χ0v) is 14.7. The van der Waals surface area contributed by atoms with Crippen molar-refractivity contribution in [3.8, 4) is 0 Å². The zero-order valence-electron chi connectivity index (χ0n) is 14.7. The Labute approximate surface area is 131 Å². The molecule has 0 aromatic heterocycles. The summed E-state index contributed by atoms with van der Waals surface area (Å²) >= 11 is 0. The molecule has 3 atom stereocenters. The molecule has 0 bridgehead atoms. The normalized spacial score (nSPS) is 34.6. The van der Waals surface area contributed by atoms with Gasteiger partial charge < -0.3 is 15.0 Å². The van der Waals surface area contributed by atoms with E-state index in [0.29, 0.717) is 11.5 Å². The Morgan fingerprint density at radius 3 is 2.71 bits per heavy atom. The Bertz CT molecular complexity index is 300. The van der Waals surface area contributed by atoms with E-state index in [9.17, 15) is 0 Å². The minimum Gasteiger partial charge on any atom is -0.381 e. The van der Waals surface area contributed by atoms with Gasteiger partial charge >= 0.3 is 0 Å². The van der Waals surface area contributed by atoms with Crippen molar-refractivity contribution in [3.05, 3.63) is 0 Å². The minimum absolute atomic E-state index is 0.317. The summed E-state index contributed by atoms with van der Waals surface area (Å²) in [5.74, 6) is 0.901. The summed E-state index contributed by atoms with van der Waals surface area (Å²) < 4.78 is 5.86. The quantitative estimate of drug-likeness (QED) is 0.814. The van der Waals surface area contributed by atoms with Crippen LogP contribution < -0.4 is 5.32 Å². The summed E-state index contributed by atoms with van der Waals surface area (Å²) in [6.07, 6.45) is 8.12. The highest BCUT2D eigenvalue weighted by Crippen LogP contribution is 2.33. The third-order valence-corrected chi connectivity index (χ3v) is 5.41. The molecule has 3 unspecified atom stereocenters. The van der Waals surface area contributed by atoms with E-state index in [1.54, 1.807) is 0 Å². The van der Waals surface area contributed by atoms with Gasteiger partial charge in [0.15, 0.2) is 0 Å². The van der Waals surface area contributed by atoms with E-state index in [-0.39, 0.29) is 0 Å². The fraction of sp³-hybridized carbons (Fsp3) is 1.00. The molecule has 124 valence electrons. The molecule has 0 radical (unpaired) electrons. The molecule has 2 aliphatic rings. The summed E-state index contributed by atoms with van der Waals surface area (Å²) in [4.78, 5) is 2.65. The van der Waals surface area contributed by atoms with Crippen LogP contribution in [0.25, 0.3) is 0 Å². The first-order valence-electron chi connectivity index (χ1n) is 9.02. The van der Waals surface area contributed by atoms with Crippen LogP contribution in [0.5, 0.6) is 0 Å². The molecule has 1 aliphatic carbocycles. The number of nitrogens with zero attached hydrogens (tertiary/aromatic N) is 1. The minimum atomic E-state index is 0.317. The highest BCUT2D eigenvalue weighted by molar-refractivity contribution is 4.89. The molecule has 1 saturated heterocycles. The molecule has 1 N–H and O–H groups in total. The van der Waals surface area contributed by atoms with Crippen molar-refractivity contribution in [1.82, 2.24) is 10.2 Å². The van der Waals surface area contributed by atoms with Crippen LogP contribution in [0.3, 0.4) is 0 Å². The molecular weight excluding hydrogens is 260 g/mol. The van der Waals surface area contributed by atoms with Crippen molar-refractivity contribution in [2.75, 3.05) is 33.4 Å². The van der Waals surface area contributed by atoms with Crippen LogP contribution in [-0.2, 0) is 4.74 Å². The SMILES string of the molecule is CC1CCCC(N(C)CC2(CNC(C)C)CCCOC2)C1. The maximum absolute atomic E-state index is 5.86. The Morgan fingerprint density at radius 1 is 1.29 bits per heavy atom. The van der Waals surface area contributed by atoms with Crippen LogP contribution >= 0.6 is 0 Å². The third-order valence-electron chi connectivity index (χ3n) is 5.41. The summed E-state index contributed by atoms with van der Waals surface area (Å²) in [5.41, 5.74) is 0.317. The van der Waals surface area contributed by atoms with Crippen molar-refractivity contribution in [3.63, 3.8) is 0 Å². The highest BCUT2D eigenvalue weighted by atomic mass is 16.5. The molecule has 0 aromatic rings. The average Bonchev–Trinajstić information content (AvgIpc) is 2.46. The lowest BCUT2D eigenvalue weighted by Gasteiger charge is -2.44. The van der Waals surface area contributed by atoms with E-state index in [1.807, 2.05) is 0 Å². The van der Waals surface area contributed by atoms with Crippen LogP contribution in [0.2, 0.25) is 0 Å².